The van der Waals surface area contributed by atoms with Crippen molar-refractivity contribution in [2.75, 3.05) is 39.3 Å². The molecular weight excluding hydrogens is 310 g/mol. The van der Waals surface area contributed by atoms with Crippen molar-refractivity contribution in [3.8, 4) is 0 Å². The summed E-state index contributed by atoms with van der Waals surface area (Å²) in [7, 11) is 1.13. The molecule has 0 N–H and O–H groups in total. The topological polar surface area (TPSA) is 9.72 Å². The van der Waals surface area contributed by atoms with Crippen LogP contribution in [0.5, 0.6) is 0 Å². The van der Waals surface area contributed by atoms with E-state index in [2.05, 4.69) is 56.2 Å². The van der Waals surface area contributed by atoms with Crippen molar-refractivity contribution in [3.05, 3.63) is 11.1 Å². The van der Waals surface area contributed by atoms with Gasteiger partial charge in [0.05, 0.1) is 10.2 Å². The second-order valence-electron chi connectivity index (χ2n) is 6.87. The first-order chi connectivity index (χ1) is 11.6. The molecule has 0 heterocycles. The van der Waals surface area contributed by atoms with E-state index in [0.29, 0.717) is 0 Å². The fraction of sp³-hybridized carbons (Fsp3) is 0.900. The highest BCUT2D eigenvalue weighted by Crippen LogP contribution is 2.20. The summed E-state index contributed by atoms with van der Waals surface area (Å²) in [5, 5.41) is 1.63. The van der Waals surface area contributed by atoms with Gasteiger partial charge in [-0.1, -0.05) is 41.5 Å². The van der Waals surface area contributed by atoms with Crippen LogP contribution in [0.4, 0.5) is 0 Å². The quantitative estimate of drug-likeness (QED) is 0.413. The van der Waals surface area contributed by atoms with Crippen LogP contribution in [0.1, 0.15) is 80.1 Å². The van der Waals surface area contributed by atoms with Crippen molar-refractivity contribution in [1.82, 2.24) is 14.7 Å². The maximum absolute atomic E-state index is 2.69. The molecule has 0 aromatic carbocycles. The lowest BCUT2D eigenvalue weighted by atomic mass is 10.3. The van der Waals surface area contributed by atoms with Crippen LogP contribution < -0.4 is 0 Å². The zero-order chi connectivity index (χ0) is 18.4. The van der Waals surface area contributed by atoms with E-state index in [1.54, 1.807) is 11.1 Å². The predicted octanol–water partition coefficient (Wildman–Crippen LogP) is 3.84. The SMILES string of the molecule is CCCN(CCC)C([SiH3])=C(N(CCC)CCC)N(CCC)CCC. The molecule has 0 radical (unpaired) electrons. The van der Waals surface area contributed by atoms with E-state index in [4.69, 9.17) is 0 Å². The maximum atomic E-state index is 2.69. The Kier molecular flexibility index (Phi) is 14.3. The van der Waals surface area contributed by atoms with Crippen LogP contribution in [-0.4, -0.2) is 64.2 Å². The molecule has 0 spiro atoms. The molecule has 0 bridgehead atoms. The minimum Gasteiger partial charge on any atom is -0.376 e. The van der Waals surface area contributed by atoms with E-state index >= 15 is 0 Å². The van der Waals surface area contributed by atoms with Crippen LogP contribution >= 0.6 is 0 Å². The van der Waals surface area contributed by atoms with Gasteiger partial charge in [0.25, 0.3) is 0 Å². The highest BCUT2D eigenvalue weighted by atomic mass is 28.1. The van der Waals surface area contributed by atoms with E-state index in [0.717, 1.165) is 10.2 Å². The monoisotopic (exact) mass is 355 g/mol. The van der Waals surface area contributed by atoms with Gasteiger partial charge in [0.15, 0.2) is 0 Å². The Hall–Kier alpha value is -0.643. The summed E-state index contributed by atoms with van der Waals surface area (Å²) in [5.74, 6) is 1.57. The summed E-state index contributed by atoms with van der Waals surface area (Å²) >= 11 is 0. The average Bonchev–Trinajstić information content (AvgIpc) is 2.55. The lowest BCUT2D eigenvalue weighted by molar-refractivity contribution is 0.192. The summed E-state index contributed by atoms with van der Waals surface area (Å²) in [6, 6.07) is 0. The molecule has 0 amide bonds. The molecule has 4 heteroatoms. The van der Waals surface area contributed by atoms with Crippen LogP contribution in [0.2, 0.25) is 0 Å². The van der Waals surface area contributed by atoms with Crippen LogP contribution in [-0.2, 0) is 0 Å². The average molecular weight is 356 g/mol. The third kappa shape index (κ3) is 7.95. The third-order valence-corrected chi connectivity index (χ3v) is 5.44. The Balaban J connectivity index is 5.85. The lowest BCUT2D eigenvalue weighted by Gasteiger charge is -2.40. The van der Waals surface area contributed by atoms with Crippen LogP contribution in [0.15, 0.2) is 11.1 Å². The second kappa shape index (κ2) is 14.7. The second-order valence-corrected chi connectivity index (χ2v) is 7.82. The zero-order valence-electron chi connectivity index (χ0n) is 17.8. The Labute approximate surface area is 155 Å². The van der Waals surface area contributed by atoms with Gasteiger partial charge in [-0.3, -0.25) is 0 Å². The number of hydrogen-bond acceptors (Lipinski definition) is 3. The van der Waals surface area contributed by atoms with Gasteiger partial charge < -0.3 is 14.7 Å². The molecule has 0 aromatic rings. The highest BCUT2D eigenvalue weighted by molar-refractivity contribution is 6.21. The fourth-order valence-corrected chi connectivity index (χ4v) is 4.59. The molecule has 3 nitrogen and oxygen atoms in total. The maximum Gasteiger partial charge on any atom is 0.118 e. The molecular formula is C20H45N3Si. The van der Waals surface area contributed by atoms with Crippen molar-refractivity contribution < 1.29 is 0 Å². The van der Waals surface area contributed by atoms with Gasteiger partial charge in [-0.05, 0) is 38.5 Å². The van der Waals surface area contributed by atoms with E-state index in [9.17, 15) is 0 Å². The molecule has 24 heavy (non-hydrogen) atoms. The summed E-state index contributed by atoms with van der Waals surface area (Å²) in [6.07, 6.45) is 7.39. The Morgan fingerprint density at radius 3 is 1.00 bits per heavy atom. The summed E-state index contributed by atoms with van der Waals surface area (Å²) in [5.41, 5.74) is 0. The molecule has 144 valence electrons. The van der Waals surface area contributed by atoms with Crippen molar-refractivity contribution in [1.29, 1.82) is 0 Å². The molecule has 0 saturated carbocycles. The van der Waals surface area contributed by atoms with E-state index in [1.165, 1.54) is 77.8 Å². The van der Waals surface area contributed by atoms with Crippen LogP contribution in [0.25, 0.3) is 0 Å². The van der Waals surface area contributed by atoms with Crippen LogP contribution in [0.3, 0.4) is 0 Å². The molecule has 0 atom stereocenters. The van der Waals surface area contributed by atoms with Gasteiger partial charge >= 0.3 is 0 Å². The standard InChI is InChI=1S/C20H45N3Si/c1-7-13-21(14-8-2)19(22(15-9-3)16-10-4)20(24)23(17-11-5)18-12-6/h7-18H2,1-6,24H3. The van der Waals surface area contributed by atoms with Gasteiger partial charge in [-0.2, -0.15) is 0 Å². The number of nitrogens with zero attached hydrogens (tertiary/aromatic N) is 3. The highest BCUT2D eigenvalue weighted by Gasteiger charge is 2.20. The van der Waals surface area contributed by atoms with Crippen molar-refractivity contribution in [2.24, 2.45) is 0 Å². The Bertz CT molecular complexity index is 295. The summed E-state index contributed by atoms with van der Waals surface area (Å²) in [6.45, 7) is 21.0. The minimum absolute atomic E-state index is 1.13. The predicted molar refractivity (Wildman–Crippen MR) is 113 cm³/mol. The smallest absolute Gasteiger partial charge is 0.118 e. The molecule has 0 rings (SSSR count). The summed E-state index contributed by atoms with van der Waals surface area (Å²) in [4.78, 5) is 8.05. The van der Waals surface area contributed by atoms with Gasteiger partial charge in [0, 0.05) is 44.6 Å². The van der Waals surface area contributed by atoms with Gasteiger partial charge in [0.2, 0.25) is 0 Å². The fourth-order valence-electron chi connectivity index (χ4n) is 3.51. The first-order valence-electron chi connectivity index (χ1n) is 10.6. The zero-order valence-corrected chi connectivity index (χ0v) is 19.8. The van der Waals surface area contributed by atoms with E-state index in [1.807, 2.05) is 0 Å². The summed E-state index contributed by atoms with van der Waals surface area (Å²) < 4.78 is 0. The van der Waals surface area contributed by atoms with Gasteiger partial charge in [0.1, 0.15) is 5.82 Å². The molecule has 0 unspecified atom stereocenters. The number of hydrogen-bond donors (Lipinski definition) is 0. The van der Waals surface area contributed by atoms with Crippen molar-refractivity contribution in [2.45, 2.75) is 80.1 Å². The van der Waals surface area contributed by atoms with E-state index < -0.39 is 0 Å². The molecule has 0 saturated heterocycles. The normalized spacial score (nSPS) is 10.8. The third-order valence-electron chi connectivity index (χ3n) is 4.36. The molecule has 0 aliphatic carbocycles. The largest absolute Gasteiger partial charge is 0.376 e. The molecule has 0 aromatic heterocycles. The van der Waals surface area contributed by atoms with Gasteiger partial charge in [-0.25, -0.2) is 0 Å². The molecule has 0 fully saturated rings. The van der Waals surface area contributed by atoms with E-state index in [-0.39, 0.29) is 0 Å². The lowest BCUT2D eigenvalue weighted by Crippen LogP contribution is -2.42. The molecule has 0 aliphatic heterocycles. The van der Waals surface area contributed by atoms with Crippen LogP contribution in [0, 0.1) is 0 Å². The Morgan fingerprint density at radius 1 is 0.500 bits per heavy atom. The first kappa shape index (κ1) is 23.4. The Morgan fingerprint density at radius 2 is 0.750 bits per heavy atom. The first-order valence-corrected chi connectivity index (χ1v) is 11.6. The van der Waals surface area contributed by atoms with Gasteiger partial charge in [-0.15, -0.1) is 0 Å². The van der Waals surface area contributed by atoms with Crippen molar-refractivity contribution >= 4 is 10.2 Å². The number of rotatable bonds is 15. The van der Waals surface area contributed by atoms with Crippen molar-refractivity contribution in [3.63, 3.8) is 0 Å². The molecule has 0 aliphatic rings. The minimum atomic E-state index is 1.13.